The first-order valence-corrected chi connectivity index (χ1v) is 13.6. The Morgan fingerprint density at radius 3 is 1.68 bits per heavy atom. The summed E-state index contributed by atoms with van der Waals surface area (Å²) < 4.78 is 11.9. The van der Waals surface area contributed by atoms with Crippen LogP contribution in [0.5, 0.6) is 0 Å². The fraction of sp³-hybridized carbons (Fsp3) is 0. The molecule has 0 atom stereocenters. The van der Waals surface area contributed by atoms with E-state index >= 15 is 0 Å². The van der Waals surface area contributed by atoms with Gasteiger partial charge in [-0.2, -0.15) is 0 Å². The van der Waals surface area contributed by atoms with Crippen molar-refractivity contribution in [2.24, 2.45) is 0 Å². The molecule has 40 heavy (non-hydrogen) atoms. The van der Waals surface area contributed by atoms with Crippen LogP contribution in [-0.2, 0) is 0 Å². The van der Waals surface area contributed by atoms with Crippen LogP contribution < -0.4 is 0 Å². The highest BCUT2D eigenvalue weighted by Crippen LogP contribution is 2.45. The first-order chi connectivity index (χ1) is 19.8. The van der Waals surface area contributed by atoms with Crippen molar-refractivity contribution in [2.45, 2.75) is 0 Å². The molecule has 9 rings (SSSR count). The lowest BCUT2D eigenvalue weighted by atomic mass is 9.85. The van der Waals surface area contributed by atoms with E-state index in [1.807, 2.05) is 12.1 Å². The Labute approximate surface area is 229 Å². The fourth-order valence-electron chi connectivity index (χ4n) is 6.48. The molecule has 0 aliphatic carbocycles. The molecule has 0 bridgehead atoms. The normalized spacial score (nSPS) is 12.0. The van der Waals surface area contributed by atoms with E-state index in [1.54, 1.807) is 6.26 Å². The SMILES string of the molecule is c1ccc2cc(-c3c4ccccc4c(-c4ccc5oc6cc7occc7cc6c5c4)c4ccccc34)ccc2c1. The molecule has 7 aromatic carbocycles. The summed E-state index contributed by atoms with van der Waals surface area (Å²) >= 11 is 0. The third-order valence-corrected chi connectivity index (χ3v) is 8.30. The van der Waals surface area contributed by atoms with Gasteiger partial charge in [0.2, 0.25) is 0 Å². The first-order valence-electron chi connectivity index (χ1n) is 13.6. The van der Waals surface area contributed by atoms with Crippen LogP contribution in [0.4, 0.5) is 0 Å². The standard InChI is InChI=1S/C38H22O2/c1-2-8-24-19-26(14-13-23(24)7-1)37-28-9-3-5-11-30(28)38(31-12-6-4-10-29(31)37)27-15-16-34-32(21-27)33-20-25-17-18-39-35(25)22-36(33)40-34/h1-22H. The highest BCUT2D eigenvalue weighted by molar-refractivity contribution is 6.22. The molecular weight excluding hydrogens is 488 g/mol. The molecule has 2 heteroatoms. The molecule has 2 heterocycles. The molecule has 2 nitrogen and oxygen atoms in total. The van der Waals surface area contributed by atoms with Gasteiger partial charge in [0, 0.05) is 22.2 Å². The van der Waals surface area contributed by atoms with Crippen LogP contribution in [0.2, 0.25) is 0 Å². The lowest BCUT2D eigenvalue weighted by Gasteiger charge is -2.18. The third kappa shape index (κ3) is 3.05. The molecule has 0 amide bonds. The van der Waals surface area contributed by atoms with E-state index in [4.69, 9.17) is 8.83 Å². The second-order valence-corrected chi connectivity index (χ2v) is 10.5. The van der Waals surface area contributed by atoms with Crippen LogP contribution in [0.25, 0.3) is 87.5 Å². The molecule has 0 spiro atoms. The summed E-state index contributed by atoms with van der Waals surface area (Å²) in [4.78, 5) is 0. The number of hydrogen-bond donors (Lipinski definition) is 0. The summed E-state index contributed by atoms with van der Waals surface area (Å²) in [6.45, 7) is 0. The summed E-state index contributed by atoms with van der Waals surface area (Å²) in [5, 5.41) is 10.8. The first kappa shape index (κ1) is 21.6. The predicted octanol–water partition coefficient (Wildman–Crippen LogP) is 11.1. The summed E-state index contributed by atoms with van der Waals surface area (Å²) in [7, 11) is 0. The van der Waals surface area contributed by atoms with E-state index in [0.717, 1.165) is 32.9 Å². The number of rotatable bonds is 2. The quantitative estimate of drug-likeness (QED) is 0.216. The molecule has 0 fully saturated rings. The van der Waals surface area contributed by atoms with Crippen LogP contribution in [0.1, 0.15) is 0 Å². The molecule has 0 N–H and O–H groups in total. The van der Waals surface area contributed by atoms with Crippen molar-refractivity contribution in [3.63, 3.8) is 0 Å². The minimum Gasteiger partial charge on any atom is -0.464 e. The highest BCUT2D eigenvalue weighted by atomic mass is 16.3. The molecule has 0 saturated carbocycles. The second kappa shape index (κ2) is 8.08. The summed E-state index contributed by atoms with van der Waals surface area (Å²) in [6.07, 6.45) is 1.73. The van der Waals surface area contributed by atoms with Crippen molar-refractivity contribution in [3.05, 3.63) is 134 Å². The maximum atomic E-state index is 6.25. The molecule has 0 saturated heterocycles. The van der Waals surface area contributed by atoms with Gasteiger partial charge in [-0.3, -0.25) is 0 Å². The zero-order chi connectivity index (χ0) is 26.2. The van der Waals surface area contributed by atoms with E-state index < -0.39 is 0 Å². The predicted molar refractivity (Wildman–Crippen MR) is 167 cm³/mol. The molecule has 186 valence electrons. The minimum absolute atomic E-state index is 0.841. The molecule has 0 aliphatic heterocycles. The fourth-order valence-corrected chi connectivity index (χ4v) is 6.48. The van der Waals surface area contributed by atoms with Gasteiger partial charge in [-0.25, -0.2) is 0 Å². The van der Waals surface area contributed by atoms with Gasteiger partial charge in [-0.15, -0.1) is 0 Å². The molecule has 2 aromatic heterocycles. The second-order valence-electron chi connectivity index (χ2n) is 10.5. The number of furan rings is 2. The monoisotopic (exact) mass is 510 g/mol. The Balaban J connectivity index is 1.37. The number of fused-ring (bicyclic) bond motifs is 7. The Kier molecular flexibility index (Phi) is 4.36. The topological polar surface area (TPSA) is 26.3 Å². The summed E-state index contributed by atoms with van der Waals surface area (Å²) in [5.74, 6) is 0. The van der Waals surface area contributed by atoms with Gasteiger partial charge in [0.05, 0.1) is 6.26 Å². The molecule has 0 unspecified atom stereocenters. The summed E-state index contributed by atoms with van der Waals surface area (Å²) in [6, 6.07) is 45.8. The van der Waals surface area contributed by atoms with Crippen LogP contribution >= 0.6 is 0 Å². The van der Waals surface area contributed by atoms with Crippen molar-refractivity contribution >= 4 is 65.2 Å². The van der Waals surface area contributed by atoms with Crippen LogP contribution in [-0.4, -0.2) is 0 Å². The maximum Gasteiger partial charge on any atom is 0.139 e. The number of benzene rings is 7. The highest BCUT2D eigenvalue weighted by Gasteiger charge is 2.18. The Morgan fingerprint density at radius 1 is 0.350 bits per heavy atom. The Bertz CT molecular complexity index is 2380. The molecular formula is C38H22O2. The third-order valence-electron chi connectivity index (χ3n) is 8.30. The average Bonchev–Trinajstić information content (AvgIpc) is 3.61. The van der Waals surface area contributed by atoms with E-state index in [9.17, 15) is 0 Å². The lowest BCUT2D eigenvalue weighted by Crippen LogP contribution is -1.91. The van der Waals surface area contributed by atoms with Gasteiger partial charge >= 0.3 is 0 Å². The van der Waals surface area contributed by atoms with Crippen LogP contribution in [0.3, 0.4) is 0 Å². The van der Waals surface area contributed by atoms with Gasteiger partial charge in [-0.1, -0.05) is 91.0 Å². The van der Waals surface area contributed by atoms with Crippen molar-refractivity contribution in [1.82, 2.24) is 0 Å². The van der Waals surface area contributed by atoms with Crippen LogP contribution in [0.15, 0.2) is 142 Å². The Morgan fingerprint density at radius 2 is 0.950 bits per heavy atom. The number of hydrogen-bond acceptors (Lipinski definition) is 2. The van der Waals surface area contributed by atoms with Gasteiger partial charge in [0.1, 0.15) is 16.7 Å². The van der Waals surface area contributed by atoms with Crippen LogP contribution in [0, 0.1) is 0 Å². The van der Waals surface area contributed by atoms with Gasteiger partial charge in [-0.05, 0) is 84.9 Å². The van der Waals surface area contributed by atoms with Crippen molar-refractivity contribution in [2.75, 3.05) is 0 Å². The zero-order valence-electron chi connectivity index (χ0n) is 21.5. The van der Waals surface area contributed by atoms with E-state index in [1.165, 1.54) is 54.6 Å². The molecule has 0 aliphatic rings. The largest absolute Gasteiger partial charge is 0.464 e. The Hall–Kier alpha value is -5.34. The lowest BCUT2D eigenvalue weighted by molar-refractivity contribution is 0.613. The van der Waals surface area contributed by atoms with Crippen molar-refractivity contribution in [3.8, 4) is 22.3 Å². The van der Waals surface area contributed by atoms with Crippen molar-refractivity contribution < 1.29 is 8.83 Å². The smallest absolute Gasteiger partial charge is 0.139 e. The zero-order valence-corrected chi connectivity index (χ0v) is 21.5. The van der Waals surface area contributed by atoms with Gasteiger partial charge in [0.25, 0.3) is 0 Å². The van der Waals surface area contributed by atoms with Gasteiger partial charge in [0.15, 0.2) is 0 Å². The minimum atomic E-state index is 0.841. The van der Waals surface area contributed by atoms with Gasteiger partial charge < -0.3 is 8.83 Å². The van der Waals surface area contributed by atoms with E-state index in [2.05, 4.69) is 115 Å². The maximum absolute atomic E-state index is 6.25. The van der Waals surface area contributed by atoms with E-state index in [-0.39, 0.29) is 0 Å². The molecule has 9 aromatic rings. The van der Waals surface area contributed by atoms with E-state index in [0.29, 0.717) is 0 Å². The average molecular weight is 511 g/mol. The molecule has 0 radical (unpaired) electrons. The summed E-state index contributed by atoms with van der Waals surface area (Å²) in [5.41, 5.74) is 7.50. The van der Waals surface area contributed by atoms with Crippen molar-refractivity contribution in [1.29, 1.82) is 0 Å².